The van der Waals surface area contributed by atoms with Crippen LogP contribution in [-0.2, 0) is 58.3 Å². The molecule has 8 N–H and O–H groups in total. The number of amides is 7. The summed E-state index contributed by atoms with van der Waals surface area (Å²) in [5, 5.41) is 29.1. The van der Waals surface area contributed by atoms with Crippen LogP contribution in [0.25, 0.3) is 43.2 Å². The first kappa shape index (κ1) is 79.4. The van der Waals surface area contributed by atoms with Gasteiger partial charge in [-0.1, -0.05) is 86.4 Å². The number of thiophene rings is 2. The van der Waals surface area contributed by atoms with Crippen molar-refractivity contribution < 1.29 is 79.2 Å². The zero-order valence-corrected chi connectivity index (χ0v) is 64.9. The van der Waals surface area contributed by atoms with Crippen molar-refractivity contribution >= 4 is 112 Å². The number of rotatable bonds is 13. The maximum atomic E-state index is 14.5. The highest BCUT2D eigenvalue weighted by Gasteiger charge is 2.63. The molecule has 2 unspecified atom stereocenters. The highest BCUT2D eigenvalue weighted by atomic mass is 32.2. The number of nitrogens with two attached hydrogens (primary N) is 1. The number of primary sulfonamides is 1. The minimum absolute atomic E-state index is 0.0191. The Balaban J connectivity index is 0.000000187. The molecule has 33 heteroatoms. The van der Waals surface area contributed by atoms with Crippen LogP contribution in [0.1, 0.15) is 157 Å². The number of benzene rings is 2. The van der Waals surface area contributed by atoms with Crippen molar-refractivity contribution in [2.75, 3.05) is 13.1 Å². The topological polar surface area (TPSA) is 406 Å². The number of aliphatic carboxylic acids is 1. The molecule has 584 valence electrons. The first-order valence-corrected chi connectivity index (χ1v) is 42.0. The van der Waals surface area contributed by atoms with E-state index in [0.29, 0.717) is 78.4 Å². The first-order chi connectivity index (χ1) is 51.8. The molecule has 14 rings (SSSR count). The van der Waals surface area contributed by atoms with Crippen molar-refractivity contribution in [3.63, 3.8) is 0 Å². The van der Waals surface area contributed by atoms with E-state index in [-0.39, 0.29) is 61.7 Å². The summed E-state index contributed by atoms with van der Waals surface area (Å²) in [5.41, 5.74) is -0.841. The van der Waals surface area contributed by atoms with E-state index in [2.05, 4.69) is 26.0 Å². The molecule has 8 heterocycles. The van der Waals surface area contributed by atoms with Crippen LogP contribution < -0.4 is 40.6 Å². The largest absolute Gasteiger partial charge is 0.479 e. The molecule has 4 saturated carbocycles. The Bertz CT molecular complexity index is 4700. The van der Waals surface area contributed by atoms with Crippen molar-refractivity contribution in [1.82, 2.24) is 55.7 Å². The molecule has 8 aliphatic rings. The van der Waals surface area contributed by atoms with Crippen molar-refractivity contribution in [2.24, 2.45) is 17.0 Å². The van der Waals surface area contributed by atoms with Gasteiger partial charge in [0.25, 0.3) is 5.91 Å². The molecule has 7 amide bonds. The van der Waals surface area contributed by atoms with E-state index in [1.54, 1.807) is 41.5 Å². The predicted molar refractivity (Wildman–Crippen MR) is 407 cm³/mol. The van der Waals surface area contributed by atoms with Crippen LogP contribution in [0.2, 0.25) is 0 Å². The minimum Gasteiger partial charge on any atom is -0.479 e. The molecule has 0 radical (unpaired) electrons. The highest BCUT2D eigenvalue weighted by Crippen LogP contribution is 2.48. The molecule has 6 aromatic rings. The molecule has 109 heavy (non-hydrogen) atoms. The number of hydrogen-bond acceptors (Lipinski definition) is 22. The SMILES string of the molecule is CC(C)(C)OC(=O)N[C@H]1CCCCC/C=C\[C@@H]2C[C@@]2(C(=O)NS(=O)(=O)C2CC2)NC(=O)[C@@H]2CC(Oc3nc4ccccc4nc3-c3cccs3)CN2C1=O.CC(C)(C)OC(=O)N[C@H]1CCCCC/C=C\[C@@H]2C[C@@]2(C(=O)O)NC(=O)[C@@H]2CC(Oc3nc4ccccc4nc3-c3cccs3)CN2C1=O.NS(=O)(=O)C1CC1. The minimum atomic E-state index is -3.89. The van der Waals surface area contributed by atoms with E-state index in [0.717, 1.165) is 54.7 Å². The summed E-state index contributed by atoms with van der Waals surface area (Å²) in [6, 6.07) is 18.4. The van der Waals surface area contributed by atoms with Gasteiger partial charge in [0.05, 0.1) is 55.4 Å². The van der Waals surface area contributed by atoms with Gasteiger partial charge in [-0.05, 0) is 166 Å². The molecule has 2 saturated heterocycles. The molecule has 0 bridgehead atoms. The summed E-state index contributed by atoms with van der Waals surface area (Å²) in [7, 11) is -7.02. The van der Waals surface area contributed by atoms with Crippen LogP contribution in [0.4, 0.5) is 9.59 Å². The number of aromatic nitrogens is 4. The molecule has 2 aromatic carbocycles. The third-order valence-corrected chi connectivity index (χ3v) is 25.0. The lowest BCUT2D eigenvalue weighted by Gasteiger charge is -2.30. The summed E-state index contributed by atoms with van der Waals surface area (Å²) in [4.78, 5) is 133. The zero-order chi connectivity index (χ0) is 77.8. The normalized spacial score (nSPS) is 26.8. The van der Waals surface area contributed by atoms with Gasteiger partial charge in [-0.15, -0.1) is 22.7 Å². The van der Waals surface area contributed by atoms with Gasteiger partial charge >= 0.3 is 18.2 Å². The standard InChI is InChI=1S/C38H46N6O8S2.C35H41N5O7S.C3H7NO2S/c1-37(2,3)52-36(48)41-28-15-8-6-4-5-7-12-23-21-38(23,35(47)43-54(49,50)25-17-18-25)42-32(45)29-20-24(22-44(29)34(28)46)51-33-31(30-16-11-19-53-30)39-26-13-9-10-14-27(26)40-33;1-34(2,3)47-33(45)38-25-15-8-6-4-5-7-12-21-19-35(21,32(43)44)39-29(41)26-18-22(20-40(26)31(25)42)46-30-28(27-16-11-17-48-27)36-23-13-9-10-14-24(23)37-30;4-7(5,6)3-1-2-3/h7,9-14,16,19,23-25,28-29H,4-6,8,15,17-18,20-22H2,1-3H3,(H,41,48)(H,42,45)(H,43,47);7,9-14,16-17,21-22,25-26H,4-6,8,15,18-20H2,1-3H3,(H,38,45)(H,39,41)(H,43,44);3H,1-2H2,(H2,4,5,6)/b2*12-7-;/t23-,24?,28+,29+,38-;21-,22?,25+,26+,35-;/m11./s1. The number of ether oxygens (including phenoxy) is 4. The fourth-order valence-electron chi connectivity index (χ4n) is 13.9. The number of nitrogens with one attached hydrogen (secondary N) is 5. The lowest BCUT2D eigenvalue weighted by Crippen LogP contribution is -2.58. The number of carbonyl (C=O) groups excluding carboxylic acids is 7. The molecule has 4 aromatic heterocycles. The molecule has 10 atom stereocenters. The van der Waals surface area contributed by atoms with Gasteiger partial charge in [-0.2, -0.15) is 0 Å². The summed E-state index contributed by atoms with van der Waals surface area (Å²) in [5.74, 6) is -4.32. The summed E-state index contributed by atoms with van der Waals surface area (Å²) in [6.07, 6.45) is 14.4. The van der Waals surface area contributed by atoms with Crippen molar-refractivity contribution in [2.45, 2.75) is 226 Å². The van der Waals surface area contributed by atoms with Crippen LogP contribution >= 0.6 is 22.7 Å². The fourth-order valence-corrected chi connectivity index (χ4v) is 17.5. The Hall–Kier alpha value is -9.18. The smallest absolute Gasteiger partial charge is 0.408 e. The van der Waals surface area contributed by atoms with Crippen LogP contribution in [0.5, 0.6) is 11.8 Å². The lowest BCUT2D eigenvalue weighted by atomic mass is 10.0. The van der Waals surface area contributed by atoms with Gasteiger partial charge in [-0.25, -0.2) is 56.3 Å². The summed E-state index contributed by atoms with van der Waals surface area (Å²) < 4.78 is 72.3. The molecular weight excluding hydrogens is 1480 g/mol. The van der Waals surface area contributed by atoms with E-state index >= 15 is 0 Å². The molecule has 4 aliphatic heterocycles. The van der Waals surface area contributed by atoms with E-state index in [1.807, 2.05) is 108 Å². The van der Waals surface area contributed by atoms with Crippen molar-refractivity contribution in [3.8, 4) is 32.9 Å². The number of para-hydroxylation sites is 4. The number of fused-ring (bicyclic) bond motifs is 6. The first-order valence-electron chi connectivity index (χ1n) is 37.1. The van der Waals surface area contributed by atoms with Gasteiger partial charge in [0.15, 0.2) is 0 Å². The van der Waals surface area contributed by atoms with E-state index < -0.39 is 138 Å². The molecule has 4 aliphatic carbocycles. The van der Waals surface area contributed by atoms with E-state index in [4.69, 9.17) is 44.0 Å². The maximum absolute atomic E-state index is 14.5. The predicted octanol–water partition coefficient (Wildman–Crippen LogP) is 9.12. The van der Waals surface area contributed by atoms with Crippen molar-refractivity contribution in [1.29, 1.82) is 0 Å². The van der Waals surface area contributed by atoms with Crippen LogP contribution in [0.3, 0.4) is 0 Å². The maximum Gasteiger partial charge on any atom is 0.408 e. The summed E-state index contributed by atoms with van der Waals surface area (Å²) in [6.45, 7) is 10.4. The lowest BCUT2D eigenvalue weighted by molar-refractivity contribution is -0.145. The van der Waals surface area contributed by atoms with Crippen LogP contribution in [-0.4, -0.2) is 182 Å². The Morgan fingerprint density at radius 1 is 0.560 bits per heavy atom. The second-order valence-corrected chi connectivity index (χ2v) is 36.7. The number of sulfonamides is 2. The average molecular weight is 1580 g/mol. The van der Waals surface area contributed by atoms with Gasteiger partial charge in [-0.3, -0.25) is 28.7 Å². The van der Waals surface area contributed by atoms with Gasteiger partial charge in [0.1, 0.15) is 70.0 Å². The van der Waals surface area contributed by atoms with Gasteiger partial charge < -0.3 is 55.1 Å². The third kappa shape index (κ3) is 19.9. The van der Waals surface area contributed by atoms with Gasteiger partial charge in [0.2, 0.25) is 55.4 Å². The monoisotopic (exact) mass is 1570 g/mol. The molecule has 0 spiro atoms. The highest BCUT2D eigenvalue weighted by molar-refractivity contribution is 7.91. The Morgan fingerprint density at radius 2 is 0.972 bits per heavy atom. The number of nitrogens with zero attached hydrogens (tertiary/aromatic N) is 6. The second-order valence-electron chi connectivity index (χ2n) is 31.0. The van der Waals surface area contributed by atoms with Crippen molar-refractivity contribution in [3.05, 3.63) is 108 Å². The average Bonchev–Trinajstić information content (AvgIpc) is 1.57. The number of alkyl carbamates (subject to hydrolysis) is 2. The number of carboxylic acid groups (broad SMARTS) is 1. The van der Waals surface area contributed by atoms with Crippen LogP contribution in [0, 0.1) is 11.8 Å². The van der Waals surface area contributed by atoms with Crippen LogP contribution in [0.15, 0.2) is 108 Å². The number of carbonyl (C=O) groups is 8. The Morgan fingerprint density at radius 3 is 1.36 bits per heavy atom. The number of hydrogen-bond donors (Lipinski definition) is 7. The zero-order valence-electron chi connectivity index (χ0n) is 61.7. The number of carboxylic acids is 1. The van der Waals surface area contributed by atoms with E-state index in [1.165, 1.54) is 32.5 Å². The fraction of sp³-hybridized carbons (Fsp3) is 0.526. The second kappa shape index (κ2) is 32.8. The summed E-state index contributed by atoms with van der Waals surface area (Å²) >= 11 is 2.96. The number of allylic oxidation sites excluding steroid dienone is 2. The molecule has 29 nitrogen and oxygen atoms in total. The molecule has 6 fully saturated rings. The van der Waals surface area contributed by atoms with E-state index in [9.17, 15) is 60.3 Å². The third-order valence-electron chi connectivity index (χ3n) is 20.0. The molecular formula is C76H94N12O17S4. The Kier molecular flexibility index (Phi) is 23.9. The Labute approximate surface area is 640 Å². The van der Waals surface area contributed by atoms with Gasteiger partial charge in [0, 0.05) is 24.7 Å². The quantitative estimate of drug-likeness (QED) is 0.0530.